The Bertz CT molecular complexity index is 709. The predicted molar refractivity (Wildman–Crippen MR) is 121 cm³/mol. The summed E-state index contributed by atoms with van der Waals surface area (Å²) in [6, 6.07) is 3.96. The molecule has 30 heavy (non-hydrogen) atoms. The van der Waals surface area contributed by atoms with Crippen molar-refractivity contribution in [2.45, 2.75) is 72.1 Å². The minimum absolute atomic E-state index is 0.00917. The van der Waals surface area contributed by atoms with Gasteiger partial charge in [0, 0.05) is 31.7 Å². The van der Waals surface area contributed by atoms with Gasteiger partial charge in [-0.1, -0.05) is 12.2 Å². The zero-order chi connectivity index (χ0) is 22.1. The molecule has 0 unspecified atom stereocenters. The van der Waals surface area contributed by atoms with Crippen LogP contribution in [0.4, 0.5) is 0 Å². The highest BCUT2D eigenvalue weighted by molar-refractivity contribution is 5.99. The number of nitrogens with one attached hydrogen (secondary N) is 1. The molecule has 1 aromatic rings. The van der Waals surface area contributed by atoms with E-state index in [1.165, 1.54) is 0 Å². The van der Waals surface area contributed by atoms with Crippen LogP contribution in [0.25, 0.3) is 6.08 Å². The predicted octanol–water partition coefficient (Wildman–Crippen LogP) is 3.87. The van der Waals surface area contributed by atoms with Gasteiger partial charge in [0.25, 0.3) is 5.91 Å². The number of hydrogen-bond donors (Lipinski definition) is 2. The first-order valence-electron chi connectivity index (χ1n) is 11.1. The van der Waals surface area contributed by atoms with Gasteiger partial charge in [0.05, 0.1) is 18.3 Å². The molecular formula is C24H38N2O4. The largest absolute Gasteiger partial charge is 0.490 e. The molecule has 0 aliphatic carbocycles. The van der Waals surface area contributed by atoms with Gasteiger partial charge in [-0.05, 0) is 71.7 Å². The fraction of sp³-hybridized carbons (Fsp3) is 0.625. The van der Waals surface area contributed by atoms with Crippen LogP contribution in [0.3, 0.4) is 0 Å². The molecular weight excluding hydrogens is 380 g/mol. The Morgan fingerprint density at radius 2 is 2.07 bits per heavy atom. The van der Waals surface area contributed by atoms with E-state index < -0.39 is 0 Å². The lowest BCUT2D eigenvalue weighted by Crippen LogP contribution is -2.51. The third-order valence-electron chi connectivity index (χ3n) is 5.07. The van der Waals surface area contributed by atoms with Gasteiger partial charge in [-0.15, -0.1) is 0 Å². The van der Waals surface area contributed by atoms with Crippen molar-refractivity contribution in [3.05, 3.63) is 29.3 Å². The van der Waals surface area contributed by atoms with Crippen molar-refractivity contribution >= 4 is 12.0 Å². The SMILES string of the molecule is C/C=C/c1cc(OC(C)C)c(OCCCO)cc1C(=O)N(C(C)C)[C@@H]1CCCNC1. The number of amides is 1. The summed E-state index contributed by atoms with van der Waals surface area (Å²) in [6.45, 7) is 12.2. The van der Waals surface area contributed by atoms with E-state index in [-0.39, 0.29) is 30.7 Å². The van der Waals surface area contributed by atoms with E-state index in [1.807, 2.05) is 43.9 Å². The number of carbonyl (C=O) groups is 1. The third-order valence-corrected chi connectivity index (χ3v) is 5.07. The molecule has 0 aromatic heterocycles. The van der Waals surface area contributed by atoms with Crippen molar-refractivity contribution in [3.63, 3.8) is 0 Å². The molecule has 1 heterocycles. The lowest BCUT2D eigenvalue weighted by atomic mass is 9.99. The highest BCUT2D eigenvalue weighted by atomic mass is 16.5. The Labute approximate surface area is 181 Å². The summed E-state index contributed by atoms with van der Waals surface area (Å²) in [5.41, 5.74) is 1.43. The molecule has 1 aliphatic rings. The van der Waals surface area contributed by atoms with Crippen LogP contribution in [0.5, 0.6) is 11.5 Å². The Morgan fingerprint density at radius 1 is 1.30 bits per heavy atom. The summed E-state index contributed by atoms with van der Waals surface area (Å²) in [4.78, 5) is 15.7. The zero-order valence-corrected chi connectivity index (χ0v) is 19.1. The number of hydrogen-bond acceptors (Lipinski definition) is 5. The first kappa shape index (κ1) is 24.2. The molecule has 2 N–H and O–H groups in total. The molecule has 2 rings (SSSR count). The number of carbonyl (C=O) groups excluding carboxylic acids is 1. The Balaban J connectivity index is 2.47. The van der Waals surface area contributed by atoms with Crippen molar-refractivity contribution in [1.29, 1.82) is 0 Å². The van der Waals surface area contributed by atoms with Crippen LogP contribution in [0.2, 0.25) is 0 Å². The van der Waals surface area contributed by atoms with Crippen molar-refractivity contribution < 1.29 is 19.4 Å². The van der Waals surface area contributed by atoms with Gasteiger partial charge in [-0.3, -0.25) is 4.79 Å². The highest BCUT2D eigenvalue weighted by Crippen LogP contribution is 2.34. The quantitative estimate of drug-likeness (QED) is 0.565. The van der Waals surface area contributed by atoms with Gasteiger partial charge in [-0.25, -0.2) is 0 Å². The molecule has 1 aliphatic heterocycles. The summed E-state index contributed by atoms with van der Waals surface area (Å²) < 4.78 is 11.9. The number of allylic oxidation sites excluding steroid dienone is 1. The third kappa shape index (κ3) is 6.47. The van der Waals surface area contributed by atoms with Crippen LogP contribution in [0, 0.1) is 0 Å². The topological polar surface area (TPSA) is 71.0 Å². The Morgan fingerprint density at radius 3 is 2.63 bits per heavy atom. The second-order valence-corrected chi connectivity index (χ2v) is 8.28. The van der Waals surface area contributed by atoms with E-state index in [0.717, 1.165) is 31.5 Å². The number of benzene rings is 1. The van der Waals surface area contributed by atoms with Crippen molar-refractivity contribution in [2.75, 3.05) is 26.3 Å². The van der Waals surface area contributed by atoms with Crippen LogP contribution < -0.4 is 14.8 Å². The van der Waals surface area contributed by atoms with Crippen LogP contribution >= 0.6 is 0 Å². The molecule has 1 aromatic carbocycles. The number of aliphatic hydroxyl groups is 1. The monoisotopic (exact) mass is 418 g/mol. The summed E-state index contributed by atoms with van der Waals surface area (Å²) >= 11 is 0. The van der Waals surface area contributed by atoms with Gasteiger partial charge in [0.1, 0.15) is 0 Å². The molecule has 1 atom stereocenters. The normalized spacial score (nSPS) is 17.0. The van der Waals surface area contributed by atoms with Crippen LogP contribution in [-0.4, -0.2) is 60.4 Å². The summed E-state index contributed by atoms with van der Waals surface area (Å²) in [5.74, 6) is 1.16. The van der Waals surface area contributed by atoms with Gasteiger partial charge >= 0.3 is 0 Å². The lowest BCUT2D eigenvalue weighted by molar-refractivity contribution is 0.0572. The molecule has 1 saturated heterocycles. The van der Waals surface area contributed by atoms with E-state index in [4.69, 9.17) is 14.6 Å². The minimum Gasteiger partial charge on any atom is -0.490 e. The van der Waals surface area contributed by atoms with E-state index in [9.17, 15) is 4.79 Å². The summed E-state index contributed by atoms with van der Waals surface area (Å²) in [6.07, 6.45) is 6.44. The number of aliphatic hydroxyl groups excluding tert-OH is 1. The second-order valence-electron chi connectivity index (χ2n) is 8.28. The molecule has 6 nitrogen and oxygen atoms in total. The van der Waals surface area contributed by atoms with E-state index in [0.29, 0.717) is 30.1 Å². The van der Waals surface area contributed by atoms with Crippen molar-refractivity contribution in [3.8, 4) is 11.5 Å². The molecule has 0 saturated carbocycles. The molecule has 6 heteroatoms. The summed E-state index contributed by atoms with van der Waals surface area (Å²) in [7, 11) is 0. The van der Waals surface area contributed by atoms with Gasteiger partial charge < -0.3 is 24.8 Å². The molecule has 0 radical (unpaired) electrons. The first-order valence-corrected chi connectivity index (χ1v) is 11.1. The lowest BCUT2D eigenvalue weighted by Gasteiger charge is -2.38. The molecule has 1 fully saturated rings. The molecule has 0 spiro atoms. The molecule has 0 bridgehead atoms. The second kappa shape index (κ2) is 12.0. The van der Waals surface area contributed by atoms with Crippen molar-refractivity contribution in [2.24, 2.45) is 0 Å². The Hall–Kier alpha value is -2.05. The standard InChI is InChI=1S/C24H38N2O4/c1-6-9-19-14-23(30-18(4)5)22(29-13-8-12-27)15-21(19)24(28)26(17(2)3)20-10-7-11-25-16-20/h6,9,14-15,17-18,20,25,27H,7-8,10-13,16H2,1-5H3/b9-6+/t20-/m1/s1. The van der Waals surface area contributed by atoms with E-state index in [1.54, 1.807) is 6.07 Å². The highest BCUT2D eigenvalue weighted by Gasteiger charge is 2.30. The molecule has 1 amide bonds. The maximum atomic E-state index is 13.7. The number of ether oxygens (including phenoxy) is 2. The van der Waals surface area contributed by atoms with E-state index >= 15 is 0 Å². The van der Waals surface area contributed by atoms with Crippen LogP contribution in [-0.2, 0) is 0 Å². The van der Waals surface area contributed by atoms with Gasteiger partial charge in [-0.2, -0.15) is 0 Å². The zero-order valence-electron chi connectivity index (χ0n) is 19.1. The molecule has 168 valence electrons. The smallest absolute Gasteiger partial charge is 0.255 e. The fourth-order valence-corrected chi connectivity index (χ4v) is 3.82. The Kier molecular flexibility index (Phi) is 9.66. The van der Waals surface area contributed by atoms with Crippen LogP contribution in [0.15, 0.2) is 18.2 Å². The summed E-state index contributed by atoms with van der Waals surface area (Å²) in [5, 5.41) is 12.5. The number of nitrogens with zero attached hydrogens (tertiary/aromatic N) is 1. The maximum absolute atomic E-state index is 13.7. The number of rotatable bonds is 10. The van der Waals surface area contributed by atoms with Crippen LogP contribution in [0.1, 0.15) is 69.8 Å². The van der Waals surface area contributed by atoms with E-state index in [2.05, 4.69) is 19.2 Å². The van der Waals surface area contributed by atoms with Gasteiger partial charge in [0.15, 0.2) is 11.5 Å². The maximum Gasteiger partial charge on any atom is 0.255 e. The minimum atomic E-state index is -0.0225. The number of piperidine rings is 1. The fourth-order valence-electron chi connectivity index (χ4n) is 3.82. The van der Waals surface area contributed by atoms with Gasteiger partial charge in [0.2, 0.25) is 0 Å². The average molecular weight is 419 g/mol. The first-order chi connectivity index (χ1) is 14.4. The van der Waals surface area contributed by atoms with Crippen molar-refractivity contribution in [1.82, 2.24) is 10.2 Å². The average Bonchev–Trinajstić information content (AvgIpc) is 2.70.